The summed E-state index contributed by atoms with van der Waals surface area (Å²) < 4.78 is 44.7. The second-order valence-corrected chi connectivity index (χ2v) is 23.0. The van der Waals surface area contributed by atoms with Gasteiger partial charge in [0.15, 0.2) is 0 Å². The number of likely N-dealkylation sites (tertiary alicyclic amines) is 1. The van der Waals surface area contributed by atoms with Gasteiger partial charge in [0.2, 0.25) is 11.8 Å². The molecule has 404 valence electrons. The minimum Gasteiger partial charge on any atom is -0.480 e. The molecule has 0 bridgehead atoms. The Kier molecular flexibility index (Phi) is 13.3. The summed E-state index contributed by atoms with van der Waals surface area (Å²) in [6.07, 6.45) is 10.0. The zero-order valence-corrected chi connectivity index (χ0v) is 44.5. The zero-order valence-electron chi connectivity index (χ0n) is 45.8. The van der Waals surface area contributed by atoms with E-state index in [0.29, 0.717) is 52.7 Å². The summed E-state index contributed by atoms with van der Waals surface area (Å²) in [5, 5.41) is 14.6. The van der Waals surface area contributed by atoms with Crippen LogP contribution in [0.3, 0.4) is 0 Å². The van der Waals surface area contributed by atoms with Gasteiger partial charge in [-0.25, -0.2) is 19.5 Å². The molecule has 6 aliphatic rings. The number of phosphoric acid groups is 1. The van der Waals surface area contributed by atoms with Crippen LogP contribution in [0.2, 0.25) is 0 Å². The molecule has 5 aromatic rings. The van der Waals surface area contributed by atoms with Crippen molar-refractivity contribution in [1.82, 2.24) is 29.7 Å². The van der Waals surface area contributed by atoms with Crippen molar-refractivity contribution in [3.63, 3.8) is 0 Å². The first kappa shape index (κ1) is 48.7. The number of carbonyl (C=O) groups excluding carboxylic acids is 5. The molecular formula is C54H61N10O11PS. The summed E-state index contributed by atoms with van der Waals surface area (Å²) in [7, 11) is -7.84. The maximum absolute atomic E-state index is 14.2. The second-order valence-electron chi connectivity index (χ2n) is 20.6. The third-order valence-corrected chi connectivity index (χ3v) is 17.7. The number of ether oxygens (including phenoxy) is 1. The number of fused-ring (bicyclic) bond motifs is 4. The molecule has 5 aliphatic heterocycles. The number of nitrogens with zero attached hydrogens (tertiary/aromatic N) is 9. The monoisotopic (exact) mass is 1090 g/mol. The van der Waals surface area contributed by atoms with Crippen LogP contribution in [-0.2, 0) is 37.9 Å². The summed E-state index contributed by atoms with van der Waals surface area (Å²) in [6, 6.07) is 11.4. The largest absolute Gasteiger partial charge is 0.480 e. The highest BCUT2D eigenvalue weighted by molar-refractivity contribution is 7.46. The average molecular weight is 1090 g/mol. The number of amides is 5. The van der Waals surface area contributed by atoms with Crippen LogP contribution in [0.15, 0.2) is 61.1 Å². The van der Waals surface area contributed by atoms with Gasteiger partial charge in [0.25, 0.3) is 23.6 Å². The highest BCUT2D eigenvalue weighted by Crippen LogP contribution is 2.43. The maximum atomic E-state index is 14.2. The average Bonchev–Trinajstić information content (AvgIpc) is 3.89. The first-order chi connectivity index (χ1) is 38.1. The zero-order chi connectivity index (χ0) is 56.5. The SMILES string of the molecule is [2H]C([2H])([2H])Oc1ncc(-c2ccnc(N3CCc4c(sc5c4CCCC5)C3=O)c2[C@@H](C)O)cc1Nc1ccc(N2CCN(C3CCN(c4ccc5c(c4)C(=O)N([C@H]4CCC(=O)N(COP(=O)(O)O)C4=O)C5=O)[C@@H](C)C3)C[C@@H]2C)cn1. The van der Waals surface area contributed by atoms with Crippen molar-refractivity contribution in [3.8, 4) is 17.0 Å². The number of rotatable bonds is 13. The van der Waals surface area contributed by atoms with Crippen molar-refractivity contribution in [2.75, 3.05) is 66.5 Å². The number of aliphatic hydroxyl groups is 1. The number of nitrogens with one attached hydrogen (secondary N) is 1. The molecule has 5 amide bonds. The molecule has 9 heterocycles. The van der Waals surface area contributed by atoms with E-state index in [-0.39, 0.29) is 59.6 Å². The Morgan fingerprint density at radius 3 is 2.38 bits per heavy atom. The minimum absolute atomic E-state index is 0.0658. The van der Waals surface area contributed by atoms with E-state index in [2.05, 4.69) is 48.4 Å². The molecule has 3 saturated heterocycles. The predicted molar refractivity (Wildman–Crippen MR) is 287 cm³/mol. The van der Waals surface area contributed by atoms with E-state index in [0.717, 1.165) is 84.9 Å². The van der Waals surface area contributed by atoms with E-state index in [1.54, 1.807) is 65.9 Å². The smallest absolute Gasteiger partial charge is 0.471 e. The first-order valence-electron chi connectivity index (χ1n) is 27.5. The van der Waals surface area contributed by atoms with Crippen molar-refractivity contribution in [1.29, 1.82) is 0 Å². The molecule has 4 aromatic heterocycles. The van der Waals surface area contributed by atoms with Crippen molar-refractivity contribution in [3.05, 3.63) is 98.6 Å². The number of carbonyl (C=O) groups is 5. The van der Waals surface area contributed by atoms with Gasteiger partial charge in [-0.1, -0.05) is 0 Å². The first-order valence-corrected chi connectivity index (χ1v) is 28.4. The summed E-state index contributed by atoms with van der Waals surface area (Å²) in [4.78, 5) is 112. The van der Waals surface area contributed by atoms with Crippen molar-refractivity contribution in [2.45, 2.75) is 109 Å². The number of hydrogen-bond acceptors (Lipinski definition) is 17. The number of benzene rings is 1. The van der Waals surface area contributed by atoms with Crippen LogP contribution in [-0.4, -0.2) is 145 Å². The van der Waals surface area contributed by atoms with Gasteiger partial charge in [0, 0.05) is 91.4 Å². The number of phosphoric ester groups is 1. The molecular weight excluding hydrogens is 1030 g/mol. The number of imide groups is 2. The van der Waals surface area contributed by atoms with Crippen molar-refractivity contribution in [2.24, 2.45) is 0 Å². The van der Waals surface area contributed by atoms with E-state index >= 15 is 0 Å². The van der Waals surface area contributed by atoms with E-state index in [1.165, 1.54) is 16.6 Å². The number of aliphatic hydroxyl groups excluding tert-OH is 1. The molecule has 0 spiro atoms. The molecule has 1 aliphatic carbocycles. The fraction of sp³-hybridized carbons (Fsp3) is 0.444. The third-order valence-electron chi connectivity index (χ3n) is 16.0. The number of aromatic nitrogens is 3. The normalized spacial score (nSPS) is 23.3. The standard InChI is InChI=1S/C54H61N10O11PS/c1-30-23-34(16-19-60(30)35-9-11-40-41(25-35)52(68)64(51(40)67)43-12-14-46(66)63(53(43)69)29-75-76(71,72)73)59-21-22-61(31(2)28-59)36-10-13-45(56-27-36)58-42-24-33(26-57-50(42)74-4)37-15-18-55-49(47(37)32(3)65)62-20-17-39-38-7-5-6-8-44(38)77-48(39)54(62)70/h9-11,13,15,18,24-27,30-32,34,43,65H,5-8,12,14,16-17,19-23,28-29H2,1-4H3,(H,56,58)(H2,71,72,73)/t30-,31-,32+,34?,43-/m0/s1/i4D3. The number of methoxy groups -OCH3 is 1. The predicted octanol–water partition coefficient (Wildman–Crippen LogP) is 6.24. The Labute approximate surface area is 453 Å². The topological polar surface area (TPSA) is 252 Å². The summed E-state index contributed by atoms with van der Waals surface area (Å²) in [6.45, 7) is 8.33. The second kappa shape index (κ2) is 21.0. The number of pyridine rings is 3. The number of piperazine rings is 1. The van der Waals surface area contributed by atoms with Crippen LogP contribution in [0.25, 0.3) is 11.1 Å². The molecule has 0 saturated carbocycles. The van der Waals surface area contributed by atoms with E-state index in [9.17, 15) is 33.6 Å². The molecule has 4 N–H and O–H groups in total. The Morgan fingerprint density at radius 2 is 1.62 bits per heavy atom. The van der Waals surface area contributed by atoms with Crippen molar-refractivity contribution < 1.29 is 56.8 Å². The fourth-order valence-corrected chi connectivity index (χ4v) is 13.9. The summed E-state index contributed by atoms with van der Waals surface area (Å²) >= 11 is 1.58. The number of thiophene rings is 1. The van der Waals surface area contributed by atoms with Crippen LogP contribution >= 0.6 is 19.2 Å². The van der Waals surface area contributed by atoms with E-state index in [1.807, 2.05) is 12.1 Å². The van der Waals surface area contributed by atoms with Crippen LogP contribution < -0.4 is 24.8 Å². The molecule has 1 unspecified atom stereocenters. The molecule has 5 atom stereocenters. The number of piperidine rings is 2. The van der Waals surface area contributed by atoms with Crippen LogP contribution in [0, 0.1) is 0 Å². The molecule has 1 aromatic carbocycles. The van der Waals surface area contributed by atoms with Gasteiger partial charge >= 0.3 is 7.82 Å². The van der Waals surface area contributed by atoms with E-state index in [4.69, 9.17) is 23.6 Å². The third kappa shape index (κ3) is 9.89. The van der Waals surface area contributed by atoms with Crippen LogP contribution in [0.4, 0.5) is 28.7 Å². The quantitative estimate of drug-likeness (QED) is 0.0753. The van der Waals surface area contributed by atoms with Gasteiger partial charge in [-0.2, -0.15) is 0 Å². The van der Waals surface area contributed by atoms with Gasteiger partial charge in [-0.15, -0.1) is 11.3 Å². The van der Waals surface area contributed by atoms with Gasteiger partial charge in [0.05, 0.1) is 45.1 Å². The number of aryl methyl sites for hydroxylation is 1. The minimum atomic E-state index is -5.02. The summed E-state index contributed by atoms with van der Waals surface area (Å²) in [5.41, 5.74) is 6.14. The van der Waals surface area contributed by atoms with Gasteiger partial charge in [-0.3, -0.25) is 48.1 Å². The lowest BCUT2D eigenvalue weighted by Gasteiger charge is -2.48. The van der Waals surface area contributed by atoms with Crippen LogP contribution in [0.5, 0.6) is 5.88 Å². The fourth-order valence-electron chi connectivity index (χ4n) is 12.2. The number of hydrogen-bond donors (Lipinski definition) is 4. The highest BCUT2D eigenvalue weighted by atomic mass is 32.1. The lowest BCUT2D eigenvalue weighted by atomic mass is 9.91. The Balaban J connectivity index is 0.737. The molecule has 11 rings (SSSR count). The van der Waals surface area contributed by atoms with Crippen molar-refractivity contribution >= 4 is 77.4 Å². The molecule has 77 heavy (non-hydrogen) atoms. The Bertz CT molecular complexity index is 3360. The Morgan fingerprint density at radius 1 is 0.831 bits per heavy atom. The maximum Gasteiger partial charge on any atom is 0.471 e. The molecule has 3 fully saturated rings. The number of anilines is 5. The molecule has 23 heteroatoms. The van der Waals surface area contributed by atoms with Gasteiger partial charge < -0.3 is 34.7 Å². The van der Waals surface area contributed by atoms with E-state index < -0.39 is 57.4 Å². The molecule has 0 radical (unpaired) electrons. The van der Waals surface area contributed by atoms with Crippen LogP contribution in [0.1, 0.15) is 121 Å². The summed E-state index contributed by atoms with van der Waals surface area (Å²) in [5.74, 6) is -2.60. The van der Waals surface area contributed by atoms with Gasteiger partial charge in [-0.05, 0) is 131 Å². The lowest BCUT2D eigenvalue weighted by Crippen LogP contribution is -2.58. The van der Waals surface area contributed by atoms with Gasteiger partial charge in [0.1, 0.15) is 30.1 Å². The Hall–Kier alpha value is -6.65. The highest BCUT2D eigenvalue weighted by Gasteiger charge is 2.48. The lowest BCUT2D eigenvalue weighted by molar-refractivity contribution is -0.155. The molecule has 21 nitrogen and oxygen atoms in total.